The Morgan fingerprint density at radius 2 is 0.792 bits per heavy atom. The van der Waals surface area contributed by atoms with Gasteiger partial charge in [-0.1, -0.05) is 101 Å². The van der Waals surface area contributed by atoms with E-state index in [1.165, 1.54) is 0 Å². The molecule has 0 bridgehead atoms. The van der Waals surface area contributed by atoms with Crippen molar-refractivity contribution < 1.29 is 0 Å². The number of hydrogen-bond donors (Lipinski definition) is 0. The van der Waals surface area contributed by atoms with Gasteiger partial charge in [-0.3, -0.25) is 0 Å². The van der Waals surface area contributed by atoms with Crippen molar-refractivity contribution >= 4 is 0 Å². The van der Waals surface area contributed by atoms with Crippen molar-refractivity contribution in [2.45, 2.75) is 217 Å². The Morgan fingerprint density at radius 3 is 0.981 bits per heavy atom. The second-order valence-electron chi connectivity index (χ2n) is 21.6. The summed E-state index contributed by atoms with van der Waals surface area (Å²) in [6.07, 6.45) is 4.06. The molecule has 14 heteroatoms. The van der Waals surface area contributed by atoms with Gasteiger partial charge in [0.05, 0.1) is 33.5 Å². The fraction of sp³-hybridized carbons (Fsp3) is 0.846. The maximum atomic E-state index is 4.35. The van der Waals surface area contributed by atoms with Gasteiger partial charge in [0.25, 0.3) is 0 Å². The van der Waals surface area contributed by atoms with E-state index in [-0.39, 0.29) is 51.2 Å². The van der Waals surface area contributed by atoms with Crippen LogP contribution in [0.4, 0.5) is 0 Å². The fourth-order valence-electron chi connectivity index (χ4n) is 3.78. The summed E-state index contributed by atoms with van der Waals surface area (Å²) in [5.41, 5.74) is 2.15. The first-order chi connectivity index (χ1) is 22.9. The highest BCUT2D eigenvalue weighted by Gasteiger charge is 2.28. The summed E-state index contributed by atoms with van der Waals surface area (Å²) in [7, 11) is 0. The summed E-state index contributed by atoms with van der Waals surface area (Å²) in [5.74, 6) is 1.72. The van der Waals surface area contributed by atoms with Crippen LogP contribution in [0.5, 0.6) is 0 Å². The van der Waals surface area contributed by atoms with Gasteiger partial charge in [-0.2, -0.15) is 4.80 Å². The Labute approximate surface area is 322 Å². The molecule has 4 aromatic heterocycles. The predicted octanol–water partition coefficient (Wildman–Crippen LogP) is 8.75. The summed E-state index contributed by atoms with van der Waals surface area (Å²) in [4.78, 5) is 1.66. The molecule has 0 aliphatic heterocycles. The largest absolute Gasteiger partial charge is 0.247 e. The van der Waals surface area contributed by atoms with Crippen molar-refractivity contribution in [2.75, 3.05) is 0 Å². The molecule has 0 atom stereocenters. The van der Waals surface area contributed by atoms with Gasteiger partial charge in [0.15, 0.2) is 11.6 Å². The number of nitrogens with zero attached hydrogens (tertiary/aromatic N) is 14. The minimum atomic E-state index is -0.0868. The lowest BCUT2D eigenvalue weighted by atomic mass is 9.93. The number of tetrazole rings is 2. The Balaban J connectivity index is 0.000000676. The molecule has 0 N–H and O–H groups in total. The highest BCUT2D eigenvalue weighted by Crippen LogP contribution is 2.25. The van der Waals surface area contributed by atoms with E-state index >= 15 is 0 Å². The average Bonchev–Trinajstić information content (AvgIpc) is 3.72. The minimum absolute atomic E-state index is 0. The second kappa shape index (κ2) is 16.8. The van der Waals surface area contributed by atoms with Crippen LogP contribution in [0.3, 0.4) is 0 Å². The lowest BCUT2D eigenvalue weighted by Crippen LogP contribution is -2.30. The van der Waals surface area contributed by atoms with Crippen molar-refractivity contribution in [1.29, 1.82) is 0 Å². The predicted molar refractivity (Wildman–Crippen MR) is 217 cm³/mol. The monoisotopic (exact) mass is 743 g/mol. The topological polar surface area (TPSA) is 149 Å². The summed E-state index contributed by atoms with van der Waals surface area (Å²) in [5, 5.41) is 40.8. The van der Waals surface area contributed by atoms with Gasteiger partial charge >= 0.3 is 0 Å². The first-order valence-electron chi connectivity index (χ1n) is 18.3. The maximum absolute atomic E-state index is 4.35. The number of aromatic nitrogens is 14. The van der Waals surface area contributed by atoms with Gasteiger partial charge in [0.1, 0.15) is 0 Å². The molecule has 0 aliphatic rings. The quantitative estimate of drug-likeness (QED) is 0.171. The molecule has 0 saturated heterocycles. The molecule has 4 aromatic rings. The molecule has 4 heterocycles. The zero-order valence-corrected chi connectivity index (χ0v) is 37.4. The first kappa shape index (κ1) is 49.4. The SMILES string of the molecule is C.CC(C)(C)c1cn(C(C)(C)C)nn1.CC(C)(C)c1cn(C(C)(C)C)nn1.CC(C)(C)c1nnn(C(C)(C)C)n1.CC(C)(C)c1nnnn1C(C)(C)C. The Bertz CT molecular complexity index is 1380. The summed E-state index contributed by atoms with van der Waals surface area (Å²) < 4.78 is 5.70. The molecule has 4 rings (SSSR count). The van der Waals surface area contributed by atoms with Crippen molar-refractivity contribution in [3.8, 4) is 0 Å². The lowest BCUT2D eigenvalue weighted by Gasteiger charge is -2.25. The molecule has 0 aromatic carbocycles. The molecule has 0 fully saturated rings. The maximum Gasteiger partial charge on any atom is 0.180 e. The van der Waals surface area contributed by atoms with Crippen molar-refractivity contribution in [2.24, 2.45) is 0 Å². The van der Waals surface area contributed by atoms with Crippen molar-refractivity contribution in [3.63, 3.8) is 0 Å². The van der Waals surface area contributed by atoms with Crippen LogP contribution in [0.15, 0.2) is 12.4 Å². The third-order valence-corrected chi connectivity index (χ3v) is 7.36. The summed E-state index contributed by atoms with van der Waals surface area (Å²) in [6.45, 7) is 50.6. The Morgan fingerprint density at radius 1 is 0.396 bits per heavy atom. The van der Waals surface area contributed by atoms with Crippen LogP contribution in [0.2, 0.25) is 0 Å². The van der Waals surface area contributed by atoms with Crippen molar-refractivity contribution in [3.05, 3.63) is 35.4 Å². The van der Waals surface area contributed by atoms with E-state index in [1.54, 1.807) is 4.80 Å². The van der Waals surface area contributed by atoms with Gasteiger partial charge in [-0.25, -0.2) is 14.0 Å². The molecule has 0 aliphatic carbocycles. The molecular formula is C39H78N14. The minimum Gasteiger partial charge on any atom is -0.247 e. The molecule has 0 spiro atoms. The zero-order valence-electron chi connectivity index (χ0n) is 37.4. The van der Waals surface area contributed by atoms with Crippen LogP contribution < -0.4 is 0 Å². The lowest BCUT2D eigenvalue weighted by molar-refractivity contribution is 0.303. The van der Waals surface area contributed by atoms with Crippen LogP contribution in [0, 0.1) is 0 Å². The van der Waals surface area contributed by atoms with Gasteiger partial charge in [-0.05, 0) is 98.7 Å². The number of hydrogen-bond acceptors (Lipinski definition) is 10. The van der Waals surface area contributed by atoms with E-state index in [0.717, 1.165) is 23.0 Å². The van der Waals surface area contributed by atoms with E-state index in [0.29, 0.717) is 0 Å². The molecule has 0 amide bonds. The third-order valence-electron chi connectivity index (χ3n) is 7.36. The van der Waals surface area contributed by atoms with E-state index in [9.17, 15) is 0 Å². The first-order valence-corrected chi connectivity index (χ1v) is 18.3. The summed E-state index contributed by atoms with van der Waals surface area (Å²) >= 11 is 0. The van der Waals surface area contributed by atoms with E-state index < -0.39 is 0 Å². The zero-order chi connectivity index (χ0) is 41.1. The van der Waals surface area contributed by atoms with Crippen molar-refractivity contribution in [1.82, 2.24) is 70.4 Å². The molecule has 304 valence electrons. The van der Waals surface area contributed by atoms with E-state index in [4.69, 9.17) is 0 Å². The molecule has 53 heavy (non-hydrogen) atoms. The summed E-state index contributed by atoms with van der Waals surface area (Å²) in [6, 6.07) is 0. The number of rotatable bonds is 0. The normalized spacial score (nSPS) is 13.1. The van der Waals surface area contributed by atoms with Gasteiger partial charge in [0.2, 0.25) is 0 Å². The highest BCUT2D eigenvalue weighted by molar-refractivity contribution is 5.08. The smallest absolute Gasteiger partial charge is 0.180 e. The Hall–Kier alpha value is -3.58. The van der Waals surface area contributed by atoms with Crippen LogP contribution in [0.1, 0.15) is 197 Å². The third kappa shape index (κ3) is 15.7. The Kier molecular flexibility index (Phi) is 15.7. The molecule has 14 nitrogen and oxygen atoms in total. The van der Waals surface area contributed by atoms with Gasteiger partial charge in [-0.15, -0.1) is 25.5 Å². The van der Waals surface area contributed by atoms with Crippen LogP contribution >= 0.6 is 0 Å². The van der Waals surface area contributed by atoms with Gasteiger partial charge < -0.3 is 0 Å². The molecular weight excluding hydrogens is 665 g/mol. The van der Waals surface area contributed by atoms with Crippen LogP contribution in [-0.4, -0.2) is 70.4 Å². The standard InChI is InChI=1S/2C10H19N3.2C9H18N4.CH4/c2*1-9(2,3)8-7-13(12-11-8)10(4,5)6;1-8(2,3)7-10-11-12-13(7)9(4,5)6;1-8(2,3)7-10-12-13(11-7)9(4,5)6;/h2*7H,1-6H3;2*1-6H3;1H4. The molecule has 0 unspecified atom stereocenters. The average molecular weight is 743 g/mol. The second-order valence-corrected chi connectivity index (χ2v) is 21.6. The van der Waals surface area contributed by atoms with Crippen LogP contribution in [0.25, 0.3) is 0 Å². The highest BCUT2D eigenvalue weighted by atomic mass is 15.6. The fourth-order valence-corrected chi connectivity index (χ4v) is 3.78. The van der Waals surface area contributed by atoms with Gasteiger partial charge in [0, 0.05) is 34.1 Å². The van der Waals surface area contributed by atoms with E-state index in [1.807, 2.05) is 26.4 Å². The molecule has 0 saturated carbocycles. The van der Waals surface area contributed by atoms with E-state index in [2.05, 4.69) is 218 Å². The van der Waals surface area contributed by atoms with Crippen LogP contribution in [-0.2, 0) is 43.8 Å². The molecule has 0 radical (unpaired) electrons.